The molecule has 23 heavy (non-hydrogen) atoms. The average molecular weight is 373 g/mol. The van der Waals surface area contributed by atoms with E-state index in [9.17, 15) is 9.59 Å². The highest BCUT2D eigenvalue weighted by molar-refractivity contribution is 7.12. The molecule has 2 N–H and O–H groups in total. The molecule has 3 heterocycles. The summed E-state index contributed by atoms with van der Waals surface area (Å²) < 4.78 is 0. The Labute approximate surface area is 148 Å². The van der Waals surface area contributed by atoms with E-state index in [4.69, 9.17) is 5.73 Å². The van der Waals surface area contributed by atoms with E-state index in [0.29, 0.717) is 38.4 Å². The number of thiophene rings is 1. The summed E-state index contributed by atoms with van der Waals surface area (Å²) in [6.07, 6.45) is 0. The summed E-state index contributed by atoms with van der Waals surface area (Å²) in [6, 6.07) is 3.70. The summed E-state index contributed by atoms with van der Waals surface area (Å²) in [5.41, 5.74) is 5.97. The zero-order chi connectivity index (χ0) is 15.5. The van der Waals surface area contributed by atoms with Crippen LogP contribution in [-0.4, -0.2) is 52.8 Å². The SMILES string of the molecule is Cl.NCc1nc(C(=O)N2CCN(C(=O)c3cccs3)CC2)cs1. The maximum absolute atomic E-state index is 12.4. The predicted molar refractivity (Wildman–Crippen MR) is 93.4 cm³/mol. The van der Waals surface area contributed by atoms with Crippen LogP contribution < -0.4 is 5.73 Å². The van der Waals surface area contributed by atoms with Crippen LogP contribution in [0.1, 0.15) is 25.2 Å². The molecule has 0 aliphatic carbocycles. The van der Waals surface area contributed by atoms with Gasteiger partial charge >= 0.3 is 0 Å². The number of piperazine rings is 1. The first-order chi connectivity index (χ1) is 10.7. The molecule has 3 rings (SSSR count). The monoisotopic (exact) mass is 372 g/mol. The summed E-state index contributed by atoms with van der Waals surface area (Å²) in [5, 5.41) is 4.40. The molecule has 1 aliphatic heterocycles. The number of carbonyl (C=O) groups is 2. The van der Waals surface area contributed by atoms with Gasteiger partial charge in [0, 0.05) is 38.1 Å². The maximum atomic E-state index is 12.4. The minimum absolute atomic E-state index is 0. The van der Waals surface area contributed by atoms with Crippen LogP contribution in [0.3, 0.4) is 0 Å². The van der Waals surface area contributed by atoms with E-state index in [1.165, 1.54) is 22.7 Å². The third kappa shape index (κ3) is 3.89. The number of carbonyl (C=O) groups excluding carboxylic acids is 2. The molecule has 0 saturated carbocycles. The third-order valence-corrected chi connectivity index (χ3v) is 5.26. The number of halogens is 1. The molecule has 2 aromatic heterocycles. The molecule has 0 aromatic carbocycles. The smallest absolute Gasteiger partial charge is 0.273 e. The minimum atomic E-state index is -0.0841. The van der Waals surface area contributed by atoms with E-state index in [1.807, 2.05) is 17.5 Å². The first-order valence-corrected chi connectivity index (χ1v) is 8.71. The molecule has 0 unspecified atom stereocenters. The Kier molecular flexibility index (Phi) is 6.11. The van der Waals surface area contributed by atoms with Crippen LogP contribution in [0.15, 0.2) is 22.9 Å². The van der Waals surface area contributed by atoms with Crippen LogP contribution in [0.5, 0.6) is 0 Å². The number of hydrogen-bond donors (Lipinski definition) is 1. The lowest BCUT2D eigenvalue weighted by atomic mass is 10.2. The van der Waals surface area contributed by atoms with E-state index >= 15 is 0 Å². The summed E-state index contributed by atoms with van der Waals surface area (Å²) in [7, 11) is 0. The minimum Gasteiger partial charge on any atom is -0.334 e. The van der Waals surface area contributed by atoms with E-state index in [1.54, 1.807) is 15.2 Å². The Morgan fingerprint density at radius 3 is 2.30 bits per heavy atom. The van der Waals surface area contributed by atoms with Crippen LogP contribution in [0.25, 0.3) is 0 Å². The molecule has 1 aliphatic rings. The largest absolute Gasteiger partial charge is 0.334 e. The Morgan fingerprint density at radius 1 is 1.13 bits per heavy atom. The number of aromatic nitrogens is 1. The van der Waals surface area contributed by atoms with Crippen molar-refractivity contribution in [2.24, 2.45) is 5.73 Å². The molecule has 2 amide bonds. The zero-order valence-electron chi connectivity index (χ0n) is 12.3. The molecule has 6 nitrogen and oxygen atoms in total. The van der Waals surface area contributed by atoms with Gasteiger partial charge in [-0.05, 0) is 11.4 Å². The molecular weight excluding hydrogens is 356 g/mol. The molecule has 0 radical (unpaired) electrons. The van der Waals surface area contributed by atoms with Gasteiger partial charge in [0.2, 0.25) is 0 Å². The first-order valence-electron chi connectivity index (χ1n) is 6.95. The van der Waals surface area contributed by atoms with Gasteiger partial charge in [-0.3, -0.25) is 9.59 Å². The van der Waals surface area contributed by atoms with Gasteiger partial charge in [0.05, 0.1) is 4.88 Å². The van der Waals surface area contributed by atoms with Gasteiger partial charge < -0.3 is 15.5 Å². The summed E-state index contributed by atoms with van der Waals surface area (Å²) in [6.45, 7) is 2.52. The molecule has 124 valence electrons. The van der Waals surface area contributed by atoms with Crippen molar-refractivity contribution in [3.05, 3.63) is 38.5 Å². The highest BCUT2D eigenvalue weighted by Gasteiger charge is 2.26. The van der Waals surface area contributed by atoms with E-state index < -0.39 is 0 Å². The summed E-state index contributed by atoms with van der Waals surface area (Å²) in [4.78, 5) is 33.1. The van der Waals surface area contributed by atoms with Gasteiger partial charge in [0.1, 0.15) is 10.7 Å². The second kappa shape index (κ2) is 7.87. The third-order valence-electron chi connectivity index (χ3n) is 3.53. The molecule has 1 saturated heterocycles. The molecule has 0 spiro atoms. The van der Waals surface area contributed by atoms with E-state index in [2.05, 4.69) is 4.98 Å². The van der Waals surface area contributed by atoms with Crippen LogP contribution in [-0.2, 0) is 6.54 Å². The Morgan fingerprint density at radius 2 is 1.78 bits per heavy atom. The molecule has 0 atom stereocenters. The topological polar surface area (TPSA) is 79.5 Å². The maximum Gasteiger partial charge on any atom is 0.273 e. The number of rotatable bonds is 3. The Hall–Kier alpha value is -1.48. The number of nitrogens with two attached hydrogens (primary N) is 1. The van der Waals surface area contributed by atoms with Gasteiger partial charge in [-0.15, -0.1) is 35.1 Å². The van der Waals surface area contributed by atoms with Crippen LogP contribution >= 0.6 is 35.1 Å². The van der Waals surface area contributed by atoms with Crippen molar-refractivity contribution >= 4 is 46.9 Å². The fourth-order valence-corrected chi connectivity index (χ4v) is 3.67. The average Bonchev–Trinajstić information content (AvgIpc) is 3.25. The number of thiazole rings is 1. The molecular formula is C14H17ClN4O2S2. The fraction of sp³-hybridized carbons (Fsp3) is 0.357. The van der Waals surface area contributed by atoms with Gasteiger partial charge in [-0.1, -0.05) is 6.07 Å². The van der Waals surface area contributed by atoms with Crippen molar-refractivity contribution in [3.63, 3.8) is 0 Å². The molecule has 1 fully saturated rings. The van der Waals surface area contributed by atoms with Gasteiger partial charge in [-0.2, -0.15) is 0 Å². The number of amides is 2. The lowest BCUT2D eigenvalue weighted by molar-refractivity contribution is 0.0535. The van der Waals surface area contributed by atoms with Gasteiger partial charge in [0.15, 0.2) is 0 Å². The fourth-order valence-electron chi connectivity index (χ4n) is 2.33. The van der Waals surface area contributed by atoms with Crippen LogP contribution in [0, 0.1) is 0 Å². The van der Waals surface area contributed by atoms with E-state index in [-0.39, 0.29) is 24.2 Å². The summed E-state index contributed by atoms with van der Waals surface area (Å²) in [5.74, 6) is -0.0413. The van der Waals surface area contributed by atoms with Crippen molar-refractivity contribution in [2.45, 2.75) is 6.54 Å². The molecule has 9 heteroatoms. The van der Waals surface area contributed by atoms with Crippen molar-refractivity contribution in [1.82, 2.24) is 14.8 Å². The number of hydrogen-bond acceptors (Lipinski definition) is 6. The van der Waals surface area contributed by atoms with Gasteiger partial charge in [0.25, 0.3) is 11.8 Å². The quantitative estimate of drug-likeness (QED) is 0.889. The molecule has 2 aromatic rings. The van der Waals surface area contributed by atoms with Crippen molar-refractivity contribution in [2.75, 3.05) is 26.2 Å². The lowest BCUT2D eigenvalue weighted by Crippen LogP contribution is -2.50. The van der Waals surface area contributed by atoms with Crippen LogP contribution in [0.2, 0.25) is 0 Å². The van der Waals surface area contributed by atoms with Crippen molar-refractivity contribution < 1.29 is 9.59 Å². The second-order valence-electron chi connectivity index (χ2n) is 4.89. The van der Waals surface area contributed by atoms with Crippen LogP contribution in [0.4, 0.5) is 0 Å². The first kappa shape index (κ1) is 17.9. The normalized spacial score (nSPS) is 14.5. The van der Waals surface area contributed by atoms with E-state index in [0.717, 1.165) is 9.88 Å². The van der Waals surface area contributed by atoms with Crippen molar-refractivity contribution in [3.8, 4) is 0 Å². The molecule has 0 bridgehead atoms. The van der Waals surface area contributed by atoms with Gasteiger partial charge in [-0.25, -0.2) is 4.98 Å². The number of nitrogens with zero attached hydrogens (tertiary/aromatic N) is 3. The highest BCUT2D eigenvalue weighted by Crippen LogP contribution is 2.16. The Bertz CT molecular complexity index is 666. The summed E-state index contributed by atoms with van der Waals surface area (Å²) >= 11 is 2.84. The Balaban J connectivity index is 0.00000192. The van der Waals surface area contributed by atoms with Crippen molar-refractivity contribution in [1.29, 1.82) is 0 Å². The highest BCUT2D eigenvalue weighted by atomic mass is 35.5. The second-order valence-corrected chi connectivity index (χ2v) is 6.78. The zero-order valence-corrected chi connectivity index (χ0v) is 14.8. The standard InChI is InChI=1S/C14H16N4O2S2.ClH/c15-8-12-16-10(9-22-12)13(19)17-3-5-18(6-4-17)14(20)11-2-1-7-21-11;/h1-2,7,9H,3-6,8,15H2;1H. The lowest BCUT2D eigenvalue weighted by Gasteiger charge is -2.34. The predicted octanol–water partition coefficient (Wildman–Crippen LogP) is 1.68.